The predicted octanol–water partition coefficient (Wildman–Crippen LogP) is 1.14. The van der Waals surface area contributed by atoms with Crippen LogP contribution in [-0.2, 0) is 6.42 Å². The lowest BCUT2D eigenvalue weighted by Gasteiger charge is -2.19. The Morgan fingerprint density at radius 1 is 1.24 bits per heavy atom. The summed E-state index contributed by atoms with van der Waals surface area (Å²) in [6, 6.07) is 10.3. The molecule has 0 fully saturated rings. The quantitative estimate of drug-likeness (QED) is 0.763. The molecule has 0 spiro atoms. The number of hydrogen-bond acceptors (Lipinski definition) is 4. The van der Waals surface area contributed by atoms with Crippen LogP contribution in [0.15, 0.2) is 40.3 Å². The topological polar surface area (TPSA) is 71.0 Å². The zero-order valence-electron chi connectivity index (χ0n) is 9.71. The van der Waals surface area contributed by atoms with Crippen LogP contribution in [0.1, 0.15) is 18.4 Å². The van der Waals surface area contributed by atoms with E-state index in [0.29, 0.717) is 0 Å². The first-order chi connectivity index (χ1) is 8.16. The number of amidine groups is 1. The highest BCUT2D eigenvalue weighted by Gasteiger charge is 2.20. The van der Waals surface area contributed by atoms with Crippen LogP contribution in [-0.4, -0.2) is 29.4 Å². The fraction of sp³-hybridized carbons (Fsp3) is 0.385. The molecule has 4 nitrogen and oxygen atoms in total. The van der Waals surface area contributed by atoms with E-state index in [9.17, 15) is 5.11 Å². The van der Waals surface area contributed by atoms with E-state index >= 15 is 0 Å². The normalized spacial score (nSPS) is 23.5. The summed E-state index contributed by atoms with van der Waals surface area (Å²) in [4.78, 5) is 8.22. The second kappa shape index (κ2) is 5.21. The van der Waals surface area contributed by atoms with E-state index < -0.39 is 5.72 Å². The van der Waals surface area contributed by atoms with Gasteiger partial charge in [0.15, 0.2) is 5.72 Å². The Balaban J connectivity index is 1.77. The summed E-state index contributed by atoms with van der Waals surface area (Å²) < 4.78 is 0. The SMILES string of the molecule is NC1(O)C=NC(CCCc2ccccc2)=NC1. The fourth-order valence-corrected chi connectivity index (χ4v) is 1.72. The van der Waals surface area contributed by atoms with Gasteiger partial charge in [-0.25, -0.2) is 4.99 Å². The Morgan fingerprint density at radius 3 is 2.65 bits per heavy atom. The molecule has 0 amide bonds. The van der Waals surface area contributed by atoms with Crippen molar-refractivity contribution >= 4 is 12.1 Å². The average Bonchev–Trinajstić information content (AvgIpc) is 2.33. The molecule has 2 rings (SSSR count). The first-order valence-electron chi connectivity index (χ1n) is 5.79. The molecule has 0 aliphatic carbocycles. The lowest BCUT2D eigenvalue weighted by atomic mass is 10.1. The van der Waals surface area contributed by atoms with E-state index in [1.54, 1.807) is 0 Å². The second-order valence-corrected chi connectivity index (χ2v) is 4.32. The maximum absolute atomic E-state index is 9.42. The number of aliphatic imine (C=N–C) groups is 2. The molecule has 1 aromatic rings. The molecule has 17 heavy (non-hydrogen) atoms. The van der Waals surface area contributed by atoms with Crippen LogP contribution in [0, 0.1) is 0 Å². The smallest absolute Gasteiger partial charge is 0.169 e. The third kappa shape index (κ3) is 3.76. The van der Waals surface area contributed by atoms with Crippen molar-refractivity contribution in [1.29, 1.82) is 0 Å². The summed E-state index contributed by atoms with van der Waals surface area (Å²) in [6.45, 7) is 0.206. The molecule has 0 saturated heterocycles. The molecule has 0 bridgehead atoms. The van der Waals surface area contributed by atoms with Gasteiger partial charge in [-0.1, -0.05) is 30.3 Å². The number of hydrogen-bond donors (Lipinski definition) is 2. The lowest BCUT2D eigenvalue weighted by molar-refractivity contribution is 0.133. The van der Waals surface area contributed by atoms with E-state index in [1.165, 1.54) is 11.8 Å². The Kier molecular flexibility index (Phi) is 3.66. The number of nitrogens with zero attached hydrogens (tertiary/aromatic N) is 2. The van der Waals surface area contributed by atoms with Crippen molar-refractivity contribution in [3.63, 3.8) is 0 Å². The highest BCUT2D eigenvalue weighted by Crippen LogP contribution is 2.08. The molecule has 3 N–H and O–H groups in total. The van der Waals surface area contributed by atoms with Crippen molar-refractivity contribution in [3.05, 3.63) is 35.9 Å². The largest absolute Gasteiger partial charge is 0.369 e. The van der Waals surface area contributed by atoms with E-state index in [-0.39, 0.29) is 6.54 Å². The van der Waals surface area contributed by atoms with Gasteiger partial charge in [-0.05, 0) is 18.4 Å². The summed E-state index contributed by atoms with van der Waals surface area (Å²) in [5.74, 6) is 0.774. The van der Waals surface area contributed by atoms with Crippen LogP contribution in [0.5, 0.6) is 0 Å². The van der Waals surface area contributed by atoms with E-state index in [1.807, 2.05) is 18.2 Å². The molecule has 1 unspecified atom stereocenters. The van der Waals surface area contributed by atoms with Crippen molar-refractivity contribution < 1.29 is 5.11 Å². The summed E-state index contributed by atoms with van der Waals surface area (Å²) in [5, 5.41) is 9.42. The standard InChI is InChI=1S/C13H17N3O/c14-13(17)9-15-12(16-10-13)8-4-7-11-5-2-1-3-6-11/h1-3,5-6,9,17H,4,7-8,10,14H2. The first kappa shape index (κ1) is 12.0. The average molecular weight is 231 g/mol. The van der Waals surface area contributed by atoms with Gasteiger partial charge in [0.25, 0.3) is 0 Å². The summed E-state index contributed by atoms with van der Waals surface area (Å²) in [6.07, 6.45) is 4.21. The van der Waals surface area contributed by atoms with Gasteiger partial charge in [0.05, 0.1) is 12.8 Å². The number of benzene rings is 1. The number of aryl methyl sites for hydroxylation is 1. The van der Waals surface area contributed by atoms with Crippen molar-refractivity contribution in [3.8, 4) is 0 Å². The zero-order valence-corrected chi connectivity index (χ0v) is 9.71. The van der Waals surface area contributed by atoms with Gasteiger partial charge in [0, 0.05) is 6.42 Å². The summed E-state index contributed by atoms with van der Waals surface area (Å²) >= 11 is 0. The minimum atomic E-state index is -1.36. The monoisotopic (exact) mass is 231 g/mol. The van der Waals surface area contributed by atoms with Gasteiger partial charge >= 0.3 is 0 Å². The Labute approximate surface area is 101 Å². The zero-order chi connectivity index (χ0) is 12.1. The Hall–Kier alpha value is -1.52. The van der Waals surface area contributed by atoms with Crippen molar-refractivity contribution in [2.24, 2.45) is 15.7 Å². The fourth-order valence-electron chi connectivity index (χ4n) is 1.72. The first-order valence-corrected chi connectivity index (χ1v) is 5.79. The highest BCUT2D eigenvalue weighted by atomic mass is 16.3. The van der Waals surface area contributed by atoms with Gasteiger partial charge < -0.3 is 5.11 Å². The van der Waals surface area contributed by atoms with Crippen molar-refractivity contribution in [2.45, 2.75) is 25.0 Å². The van der Waals surface area contributed by atoms with Gasteiger partial charge in [-0.15, -0.1) is 0 Å². The minimum Gasteiger partial charge on any atom is -0.369 e. The minimum absolute atomic E-state index is 0.206. The molecule has 1 heterocycles. The van der Waals surface area contributed by atoms with Crippen molar-refractivity contribution in [1.82, 2.24) is 0 Å². The predicted molar refractivity (Wildman–Crippen MR) is 69.3 cm³/mol. The molecular weight excluding hydrogens is 214 g/mol. The lowest BCUT2D eigenvalue weighted by Crippen LogP contribution is -2.46. The maximum Gasteiger partial charge on any atom is 0.169 e. The summed E-state index contributed by atoms with van der Waals surface area (Å²) in [5.41, 5.74) is 5.42. The Morgan fingerprint density at radius 2 is 2.00 bits per heavy atom. The van der Waals surface area contributed by atoms with E-state index in [0.717, 1.165) is 25.1 Å². The number of aliphatic hydroxyl groups is 1. The number of nitrogens with two attached hydrogens (primary N) is 1. The molecule has 0 saturated carbocycles. The van der Waals surface area contributed by atoms with Crippen LogP contribution >= 0.6 is 0 Å². The third-order valence-electron chi connectivity index (χ3n) is 2.66. The Bertz CT molecular complexity index is 424. The molecule has 1 aromatic carbocycles. The molecule has 4 heteroatoms. The molecule has 1 aliphatic rings. The van der Waals surface area contributed by atoms with Crippen LogP contribution in [0.25, 0.3) is 0 Å². The van der Waals surface area contributed by atoms with E-state index in [4.69, 9.17) is 5.73 Å². The summed E-state index contributed by atoms with van der Waals surface area (Å²) in [7, 11) is 0. The van der Waals surface area contributed by atoms with E-state index in [2.05, 4.69) is 22.1 Å². The van der Waals surface area contributed by atoms with Crippen LogP contribution in [0.4, 0.5) is 0 Å². The second-order valence-electron chi connectivity index (χ2n) is 4.32. The van der Waals surface area contributed by atoms with Crippen LogP contribution in [0.2, 0.25) is 0 Å². The van der Waals surface area contributed by atoms with Crippen LogP contribution < -0.4 is 5.73 Å². The molecule has 90 valence electrons. The maximum atomic E-state index is 9.42. The third-order valence-corrected chi connectivity index (χ3v) is 2.66. The molecule has 1 aliphatic heterocycles. The van der Waals surface area contributed by atoms with Gasteiger partial charge in [-0.3, -0.25) is 10.7 Å². The molecule has 0 aromatic heterocycles. The molecular formula is C13H17N3O. The molecule has 0 radical (unpaired) electrons. The van der Waals surface area contributed by atoms with Gasteiger partial charge in [-0.2, -0.15) is 0 Å². The van der Waals surface area contributed by atoms with Crippen molar-refractivity contribution in [2.75, 3.05) is 6.54 Å². The van der Waals surface area contributed by atoms with Gasteiger partial charge in [0.1, 0.15) is 5.84 Å². The van der Waals surface area contributed by atoms with Crippen LogP contribution in [0.3, 0.4) is 0 Å². The van der Waals surface area contributed by atoms with Gasteiger partial charge in [0.2, 0.25) is 0 Å². The highest BCUT2D eigenvalue weighted by molar-refractivity contribution is 5.93. The molecule has 1 atom stereocenters. The number of rotatable bonds is 4.